The van der Waals surface area contributed by atoms with E-state index in [1.807, 2.05) is 30.3 Å². The second kappa shape index (κ2) is 7.58. The van der Waals surface area contributed by atoms with Gasteiger partial charge in [-0.3, -0.25) is 19.8 Å². The molecule has 1 aliphatic rings. The molecule has 0 saturated carbocycles. The Bertz CT molecular complexity index is 645. The Kier molecular flexibility index (Phi) is 5.51. The van der Waals surface area contributed by atoms with Crippen LogP contribution in [0.4, 0.5) is 9.59 Å². The number of nitrogens with one attached hydrogen (secondary N) is 3. The summed E-state index contributed by atoms with van der Waals surface area (Å²) >= 11 is 0. The number of urea groups is 2. The normalized spacial score (nSPS) is 17.0. The summed E-state index contributed by atoms with van der Waals surface area (Å²) in [6, 6.07) is 7.10. The topological polar surface area (TPSA) is 108 Å². The van der Waals surface area contributed by atoms with Crippen LogP contribution in [0, 0.1) is 0 Å². The van der Waals surface area contributed by atoms with Gasteiger partial charge in [0, 0.05) is 12.5 Å². The number of hydrogen-bond acceptors (Lipinski definition) is 4. The number of benzene rings is 1. The summed E-state index contributed by atoms with van der Waals surface area (Å²) in [6.07, 6.45) is 0.345. The molecular formula is C16H20N4O4. The summed E-state index contributed by atoms with van der Waals surface area (Å²) < 4.78 is 0. The minimum absolute atomic E-state index is 0.134. The van der Waals surface area contributed by atoms with Crippen molar-refractivity contribution >= 4 is 23.9 Å². The number of nitrogens with zero attached hydrogens (tertiary/aromatic N) is 1. The molecule has 1 heterocycles. The Balaban J connectivity index is 1.91. The number of imide groups is 2. The fraction of sp³-hybridized carbons (Fsp3) is 0.375. The Morgan fingerprint density at radius 3 is 2.50 bits per heavy atom. The predicted octanol–water partition coefficient (Wildman–Crippen LogP) is 0.384. The molecule has 1 aromatic rings. The monoisotopic (exact) mass is 332 g/mol. The molecule has 1 saturated heterocycles. The van der Waals surface area contributed by atoms with Crippen LogP contribution in [0.2, 0.25) is 0 Å². The highest BCUT2D eigenvalue weighted by Gasteiger charge is 2.38. The van der Waals surface area contributed by atoms with Gasteiger partial charge in [-0.05, 0) is 19.4 Å². The summed E-state index contributed by atoms with van der Waals surface area (Å²) in [6.45, 7) is 2.99. The minimum Gasteiger partial charge on any atom is -0.336 e. The molecule has 8 heteroatoms. The summed E-state index contributed by atoms with van der Waals surface area (Å²) in [5, 5.41) is 7.12. The van der Waals surface area contributed by atoms with Crippen LogP contribution in [0.5, 0.6) is 0 Å². The molecule has 1 fully saturated rings. The third-order valence-corrected chi connectivity index (χ3v) is 3.36. The van der Waals surface area contributed by atoms with Crippen molar-refractivity contribution in [3.8, 4) is 0 Å². The van der Waals surface area contributed by atoms with Crippen molar-refractivity contribution < 1.29 is 19.2 Å². The van der Waals surface area contributed by atoms with Gasteiger partial charge in [-0.25, -0.2) is 9.59 Å². The van der Waals surface area contributed by atoms with Crippen molar-refractivity contribution in [2.24, 2.45) is 0 Å². The summed E-state index contributed by atoms with van der Waals surface area (Å²) in [7, 11) is 0. The molecule has 6 amide bonds. The predicted molar refractivity (Wildman–Crippen MR) is 86.0 cm³/mol. The first kappa shape index (κ1) is 17.5. The average Bonchev–Trinajstić information content (AvgIpc) is 2.75. The molecule has 0 bridgehead atoms. The van der Waals surface area contributed by atoms with Gasteiger partial charge in [0.15, 0.2) is 0 Å². The smallest absolute Gasteiger partial charge is 0.325 e. The van der Waals surface area contributed by atoms with Crippen LogP contribution in [0.3, 0.4) is 0 Å². The molecule has 8 nitrogen and oxygen atoms in total. The van der Waals surface area contributed by atoms with Crippen LogP contribution in [-0.2, 0) is 16.0 Å². The van der Waals surface area contributed by atoms with Gasteiger partial charge in [0.05, 0.1) is 0 Å². The van der Waals surface area contributed by atoms with Crippen LogP contribution >= 0.6 is 0 Å². The zero-order valence-electron chi connectivity index (χ0n) is 13.5. The highest BCUT2D eigenvalue weighted by molar-refractivity contribution is 6.07. The highest BCUT2D eigenvalue weighted by atomic mass is 16.2. The Morgan fingerprint density at radius 1 is 1.21 bits per heavy atom. The van der Waals surface area contributed by atoms with Crippen molar-refractivity contribution in [2.45, 2.75) is 32.4 Å². The van der Waals surface area contributed by atoms with Gasteiger partial charge < -0.3 is 10.6 Å². The largest absolute Gasteiger partial charge is 0.336 e. The molecule has 1 aromatic carbocycles. The summed E-state index contributed by atoms with van der Waals surface area (Å²) in [4.78, 5) is 48.3. The number of rotatable bonds is 5. The first-order valence-corrected chi connectivity index (χ1v) is 7.63. The second-order valence-corrected chi connectivity index (χ2v) is 5.79. The maximum atomic E-state index is 12.3. The molecule has 1 aliphatic heterocycles. The Morgan fingerprint density at radius 2 is 1.88 bits per heavy atom. The van der Waals surface area contributed by atoms with Gasteiger partial charge in [0.2, 0.25) is 5.91 Å². The summed E-state index contributed by atoms with van der Waals surface area (Å²) in [5.41, 5.74) is 0.902. The van der Waals surface area contributed by atoms with Gasteiger partial charge in [-0.2, -0.15) is 0 Å². The average molecular weight is 332 g/mol. The summed E-state index contributed by atoms with van der Waals surface area (Å²) in [5.74, 6) is -1.21. The molecule has 128 valence electrons. The number of carbonyl (C=O) groups is 4. The molecule has 0 spiro atoms. The Labute approximate surface area is 139 Å². The number of hydrogen-bond donors (Lipinski definition) is 3. The zero-order valence-corrected chi connectivity index (χ0v) is 13.5. The quantitative estimate of drug-likeness (QED) is 0.678. The number of amides is 6. The lowest BCUT2D eigenvalue weighted by molar-refractivity contribution is -0.131. The lowest BCUT2D eigenvalue weighted by atomic mass is 10.1. The fourth-order valence-electron chi connectivity index (χ4n) is 2.32. The molecule has 1 atom stereocenters. The van der Waals surface area contributed by atoms with Crippen molar-refractivity contribution in [1.29, 1.82) is 0 Å². The van der Waals surface area contributed by atoms with E-state index >= 15 is 0 Å². The van der Waals surface area contributed by atoms with Gasteiger partial charge in [-0.1, -0.05) is 30.3 Å². The first-order chi connectivity index (χ1) is 11.4. The molecule has 0 aliphatic carbocycles. The van der Waals surface area contributed by atoms with Crippen LogP contribution in [0.15, 0.2) is 30.3 Å². The lowest BCUT2D eigenvalue weighted by Gasteiger charge is -2.13. The standard InChI is InChI=1S/C16H20N4O4/c1-10(2)17-15(23)19-13(21)9-20-14(22)12(18-16(20)24)8-11-6-4-3-5-7-11/h3-7,10,12H,8-9H2,1-2H3,(H,18,24)(H2,17,19,21,23). The highest BCUT2D eigenvalue weighted by Crippen LogP contribution is 2.11. The van der Waals surface area contributed by atoms with Crippen molar-refractivity contribution in [2.75, 3.05) is 6.54 Å². The van der Waals surface area contributed by atoms with Crippen LogP contribution in [0.1, 0.15) is 19.4 Å². The van der Waals surface area contributed by atoms with E-state index in [0.29, 0.717) is 6.42 Å². The zero-order chi connectivity index (χ0) is 17.7. The van der Waals surface area contributed by atoms with Gasteiger partial charge in [0.25, 0.3) is 5.91 Å². The van der Waals surface area contributed by atoms with E-state index < -0.39 is 36.5 Å². The van der Waals surface area contributed by atoms with Gasteiger partial charge in [0.1, 0.15) is 12.6 Å². The molecule has 0 aromatic heterocycles. The maximum Gasteiger partial charge on any atom is 0.325 e. The first-order valence-electron chi connectivity index (χ1n) is 7.63. The van der Waals surface area contributed by atoms with Gasteiger partial charge >= 0.3 is 12.1 Å². The van der Waals surface area contributed by atoms with E-state index in [-0.39, 0.29) is 6.04 Å². The van der Waals surface area contributed by atoms with E-state index in [4.69, 9.17) is 0 Å². The van der Waals surface area contributed by atoms with E-state index in [2.05, 4.69) is 16.0 Å². The van der Waals surface area contributed by atoms with Crippen molar-refractivity contribution in [1.82, 2.24) is 20.9 Å². The number of carbonyl (C=O) groups excluding carboxylic acids is 4. The lowest BCUT2D eigenvalue weighted by Crippen LogP contribution is -2.47. The van der Waals surface area contributed by atoms with Crippen molar-refractivity contribution in [3.05, 3.63) is 35.9 Å². The molecule has 1 unspecified atom stereocenters. The second-order valence-electron chi connectivity index (χ2n) is 5.79. The Hall–Kier alpha value is -2.90. The van der Waals surface area contributed by atoms with Crippen molar-refractivity contribution in [3.63, 3.8) is 0 Å². The van der Waals surface area contributed by atoms with E-state index in [1.165, 1.54) is 0 Å². The molecular weight excluding hydrogens is 312 g/mol. The van der Waals surface area contributed by atoms with Crippen LogP contribution in [0.25, 0.3) is 0 Å². The van der Waals surface area contributed by atoms with Gasteiger partial charge in [-0.15, -0.1) is 0 Å². The maximum absolute atomic E-state index is 12.3. The van der Waals surface area contributed by atoms with E-state index in [9.17, 15) is 19.2 Å². The third-order valence-electron chi connectivity index (χ3n) is 3.36. The SMILES string of the molecule is CC(C)NC(=O)NC(=O)CN1C(=O)NC(Cc2ccccc2)C1=O. The third kappa shape index (κ3) is 4.55. The van der Waals surface area contributed by atoms with E-state index in [1.54, 1.807) is 13.8 Å². The molecule has 3 N–H and O–H groups in total. The molecule has 24 heavy (non-hydrogen) atoms. The fourth-order valence-corrected chi connectivity index (χ4v) is 2.32. The minimum atomic E-state index is -0.725. The molecule has 2 rings (SSSR count). The van der Waals surface area contributed by atoms with Crippen LogP contribution in [-0.4, -0.2) is 47.4 Å². The molecule has 0 radical (unpaired) electrons. The van der Waals surface area contributed by atoms with E-state index in [0.717, 1.165) is 10.5 Å². The van der Waals surface area contributed by atoms with Crippen LogP contribution < -0.4 is 16.0 Å².